The van der Waals surface area contributed by atoms with E-state index in [1.165, 1.54) is 34.5 Å². The maximum absolute atomic E-state index is 14.3. The number of aliphatic hydroxyl groups excluding tert-OH is 1. The van der Waals surface area contributed by atoms with Crippen LogP contribution in [0.3, 0.4) is 0 Å². The lowest BCUT2D eigenvalue weighted by Crippen LogP contribution is -2.48. The average molecular weight is 708 g/mol. The largest absolute Gasteiger partial charge is 0.490 e. The maximum Gasteiger partial charge on any atom is 0.261 e. The van der Waals surface area contributed by atoms with E-state index < -0.39 is 38.1 Å². The number of amides is 1. The lowest BCUT2D eigenvalue weighted by atomic mass is 10.0. The van der Waals surface area contributed by atoms with Crippen molar-refractivity contribution in [3.8, 4) is 5.75 Å². The molecule has 2 aromatic carbocycles. The number of likely N-dealkylation sites (N-methyl/N-ethyl adjacent to an activating group) is 1. The molecule has 2 heterocycles. The minimum atomic E-state index is -3.95. The summed E-state index contributed by atoms with van der Waals surface area (Å²) in [5, 5.41) is 11.9. The summed E-state index contributed by atoms with van der Waals surface area (Å²) in [6.07, 6.45) is 1.35. The fraction of sp³-hybridized carbons (Fsp3) is 0.485. The maximum atomic E-state index is 14.3. The molecular weight excluding hydrogens is 663 g/mol. The van der Waals surface area contributed by atoms with Crippen LogP contribution in [0.25, 0.3) is 0 Å². The van der Waals surface area contributed by atoms with Gasteiger partial charge in [0.05, 0.1) is 35.3 Å². The molecule has 4 rings (SSSR count). The summed E-state index contributed by atoms with van der Waals surface area (Å²) in [5.41, 5.74) is 1.24. The van der Waals surface area contributed by atoms with Crippen LogP contribution in [0.2, 0.25) is 0 Å². The molecule has 0 radical (unpaired) electrons. The number of fused-ring (bicyclic) bond motifs is 1. The molecule has 1 amide bonds. The normalized spacial score (nSPS) is 21.0. The molecule has 0 unspecified atom stereocenters. The van der Waals surface area contributed by atoms with Crippen molar-refractivity contribution >= 4 is 43.0 Å². The lowest BCUT2D eigenvalue weighted by molar-refractivity contribution is -0.00832. The monoisotopic (exact) mass is 707 g/mol. The summed E-state index contributed by atoms with van der Waals surface area (Å²) in [7, 11) is -6.17. The van der Waals surface area contributed by atoms with Crippen molar-refractivity contribution in [2.75, 3.05) is 38.1 Å². The third-order valence-corrected chi connectivity index (χ3v) is 12.8. The molecule has 2 N–H and O–H groups in total. The molecule has 47 heavy (non-hydrogen) atoms. The van der Waals surface area contributed by atoms with Crippen molar-refractivity contribution < 1.29 is 36.2 Å². The Kier molecular flexibility index (Phi) is 12.5. The Bertz CT molecular complexity index is 1700. The van der Waals surface area contributed by atoms with E-state index in [0.29, 0.717) is 18.8 Å². The molecular formula is C33H45N3O8S3. The number of nitrogens with zero attached hydrogens (tertiary/aromatic N) is 2. The molecule has 0 aliphatic carbocycles. The molecule has 3 aromatic rings. The smallest absolute Gasteiger partial charge is 0.261 e. The number of hydrogen-bond acceptors (Lipinski definition) is 9. The van der Waals surface area contributed by atoms with Crippen LogP contribution in [0.4, 0.5) is 5.69 Å². The predicted octanol–water partition coefficient (Wildman–Crippen LogP) is 4.97. The number of aryl methyl sites for hydroxylation is 1. The van der Waals surface area contributed by atoms with Gasteiger partial charge in [0.1, 0.15) is 9.96 Å². The Labute approximate surface area is 282 Å². The molecule has 0 fully saturated rings. The van der Waals surface area contributed by atoms with E-state index >= 15 is 0 Å². The molecule has 1 aliphatic heterocycles. The average Bonchev–Trinajstić information content (AvgIpc) is 3.59. The Morgan fingerprint density at radius 2 is 1.81 bits per heavy atom. The van der Waals surface area contributed by atoms with Gasteiger partial charge in [0.25, 0.3) is 26.0 Å². The first-order valence-electron chi connectivity index (χ1n) is 15.7. The highest BCUT2D eigenvalue weighted by Crippen LogP contribution is 2.30. The van der Waals surface area contributed by atoms with Gasteiger partial charge >= 0.3 is 0 Å². The van der Waals surface area contributed by atoms with Crippen molar-refractivity contribution in [1.82, 2.24) is 9.21 Å². The molecule has 14 heteroatoms. The van der Waals surface area contributed by atoms with Crippen LogP contribution < -0.4 is 9.46 Å². The Balaban J connectivity index is 1.68. The van der Waals surface area contributed by atoms with Gasteiger partial charge in [0.2, 0.25) is 0 Å². The van der Waals surface area contributed by atoms with Gasteiger partial charge in [-0.3, -0.25) is 9.52 Å². The zero-order valence-corrected chi connectivity index (χ0v) is 29.9. The number of anilines is 1. The standard InChI is InChI=1S/C33H45N3O8S3/c1-23-11-14-28(15-12-23)46(39,40)34-27-13-16-30-29(19-27)33(38)36(25(3)22-37)20-24(2)31(43-17-7-6-9-26(4)44-30)21-35(5)47(41,42)32-10-8-18-45-32/h8,10-16,18-19,24-26,31,34,37H,6-7,9,17,20-22H2,1-5H3/t24-,25-,26-,31-/m0/s1. The highest BCUT2D eigenvalue weighted by Gasteiger charge is 2.33. The van der Waals surface area contributed by atoms with Crippen LogP contribution in [-0.2, 0) is 24.8 Å². The second-order valence-electron chi connectivity index (χ2n) is 12.1. The van der Waals surface area contributed by atoms with E-state index in [0.717, 1.165) is 29.7 Å². The van der Waals surface area contributed by atoms with Crippen molar-refractivity contribution in [3.63, 3.8) is 0 Å². The quantitative estimate of drug-likeness (QED) is 0.318. The number of nitrogens with one attached hydrogen (secondary N) is 1. The summed E-state index contributed by atoms with van der Waals surface area (Å²) in [6.45, 7) is 7.64. The number of ether oxygens (including phenoxy) is 2. The third kappa shape index (κ3) is 9.33. The summed E-state index contributed by atoms with van der Waals surface area (Å²) >= 11 is 1.14. The third-order valence-electron chi connectivity index (χ3n) is 8.23. The number of hydrogen-bond donors (Lipinski definition) is 2. The van der Waals surface area contributed by atoms with Crippen LogP contribution in [0.5, 0.6) is 5.75 Å². The van der Waals surface area contributed by atoms with Crippen molar-refractivity contribution in [2.24, 2.45) is 5.92 Å². The van der Waals surface area contributed by atoms with E-state index in [9.17, 15) is 26.7 Å². The van der Waals surface area contributed by atoms with Crippen LogP contribution >= 0.6 is 11.3 Å². The van der Waals surface area contributed by atoms with E-state index in [1.807, 2.05) is 20.8 Å². The van der Waals surface area contributed by atoms with Crippen molar-refractivity contribution in [3.05, 3.63) is 71.1 Å². The topological polar surface area (TPSA) is 143 Å². The minimum Gasteiger partial charge on any atom is -0.490 e. The van der Waals surface area contributed by atoms with Crippen LogP contribution in [-0.4, -0.2) is 88.7 Å². The van der Waals surface area contributed by atoms with Gasteiger partial charge in [-0.25, -0.2) is 16.8 Å². The van der Waals surface area contributed by atoms with E-state index in [2.05, 4.69) is 4.72 Å². The first-order chi connectivity index (χ1) is 22.2. The van der Waals surface area contributed by atoms with Gasteiger partial charge in [-0.05, 0) is 81.8 Å². The van der Waals surface area contributed by atoms with E-state index in [-0.39, 0.29) is 52.1 Å². The zero-order valence-electron chi connectivity index (χ0n) is 27.5. The second kappa shape index (κ2) is 15.9. The van der Waals surface area contributed by atoms with Gasteiger partial charge in [0.15, 0.2) is 0 Å². The van der Waals surface area contributed by atoms with E-state index in [4.69, 9.17) is 9.47 Å². The van der Waals surface area contributed by atoms with Gasteiger partial charge in [-0.15, -0.1) is 11.3 Å². The lowest BCUT2D eigenvalue weighted by Gasteiger charge is -2.35. The number of aliphatic hydroxyl groups is 1. The summed E-state index contributed by atoms with van der Waals surface area (Å²) in [6, 6.07) is 13.7. The fourth-order valence-electron chi connectivity index (χ4n) is 5.30. The summed E-state index contributed by atoms with van der Waals surface area (Å²) in [5.74, 6) is -0.508. The molecule has 258 valence electrons. The summed E-state index contributed by atoms with van der Waals surface area (Å²) < 4.78 is 69.5. The molecule has 0 saturated carbocycles. The van der Waals surface area contributed by atoms with E-state index in [1.54, 1.807) is 48.7 Å². The van der Waals surface area contributed by atoms with Crippen LogP contribution in [0.1, 0.15) is 56.0 Å². The molecule has 4 atom stereocenters. The van der Waals surface area contributed by atoms with Crippen molar-refractivity contribution in [1.29, 1.82) is 0 Å². The summed E-state index contributed by atoms with van der Waals surface area (Å²) in [4.78, 5) is 15.9. The van der Waals surface area contributed by atoms with Crippen LogP contribution in [0.15, 0.2) is 69.1 Å². The first kappa shape index (κ1) is 36.8. The molecule has 0 saturated heterocycles. The highest BCUT2D eigenvalue weighted by atomic mass is 32.2. The Morgan fingerprint density at radius 3 is 2.47 bits per heavy atom. The number of carbonyl (C=O) groups is 1. The molecule has 0 bridgehead atoms. The number of rotatable bonds is 9. The van der Waals surface area contributed by atoms with Gasteiger partial charge in [-0.1, -0.05) is 30.7 Å². The molecule has 1 aliphatic rings. The van der Waals surface area contributed by atoms with Crippen molar-refractivity contribution in [2.45, 2.75) is 74.3 Å². The molecule has 1 aromatic heterocycles. The molecule has 0 spiro atoms. The zero-order chi connectivity index (χ0) is 34.4. The number of benzene rings is 2. The van der Waals surface area contributed by atoms with Gasteiger partial charge in [0, 0.05) is 38.3 Å². The fourth-order valence-corrected chi connectivity index (χ4v) is 8.73. The number of sulfonamides is 2. The van der Waals surface area contributed by atoms with Crippen LogP contribution in [0, 0.1) is 12.8 Å². The minimum absolute atomic E-state index is 0.0674. The molecule has 11 nitrogen and oxygen atoms in total. The Morgan fingerprint density at radius 1 is 1.09 bits per heavy atom. The number of thiophene rings is 1. The first-order valence-corrected chi connectivity index (χ1v) is 19.5. The van der Waals surface area contributed by atoms with Gasteiger partial charge in [-0.2, -0.15) is 4.31 Å². The second-order valence-corrected chi connectivity index (χ2v) is 17.0. The highest BCUT2D eigenvalue weighted by molar-refractivity contribution is 7.92. The SMILES string of the molecule is Cc1ccc(S(=O)(=O)Nc2ccc3c(c2)C(=O)N([C@@H](C)CO)C[C@H](C)[C@H](CN(C)S(=O)(=O)c2cccs2)OCCCC[C@H](C)O3)cc1. The predicted molar refractivity (Wildman–Crippen MR) is 183 cm³/mol. The Hall–Kier alpha value is -3.01. The van der Waals surface area contributed by atoms with Gasteiger partial charge < -0.3 is 19.5 Å². The number of carbonyl (C=O) groups excluding carboxylic acids is 1.